The van der Waals surface area contributed by atoms with Crippen LogP contribution in [0.15, 0.2) is 85.5 Å². The Morgan fingerprint density at radius 2 is 1.09 bits per heavy atom. The van der Waals surface area contributed by atoms with Crippen molar-refractivity contribution >= 4 is 101 Å². The number of phenolic OH excluding ortho intramolecular Hbond substituents is 1. The Hall–Kier alpha value is -2.74. The van der Waals surface area contributed by atoms with Crippen LogP contribution in [0, 0.1) is 47.1 Å². The van der Waals surface area contributed by atoms with E-state index >= 15 is 0 Å². The van der Waals surface area contributed by atoms with Crippen LogP contribution in [0.25, 0.3) is 19.4 Å². The summed E-state index contributed by atoms with van der Waals surface area (Å²) in [6.45, 7) is 33.1. The average Bonchev–Trinajstić information content (AvgIpc) is 1.70. The molecule has 0 saturated carbocycles. The van der Waals surface area contributed by atoms with Crippen molar-refractivity contribution in [1.82, 2.24) is 19.9 Å². The van der Waals surface area contributed by atoms with Gasteiger partial charge in [0.2, 0.25) is 28.6 Å². The molecule has 0 spiro atoms. The summed E-state index contributed by atoms with van der Waals surface area (Å²) in [4.78, 5) is 39.5. The number of aromatic nitrogens is 4. The molecule has 0 bridgehead atoms. The van der Waals surface area contributed by atoms with Gasteiger partial charge in [-0.3, -0.25) is 19.7 Å². The molecule has 0 amide bonds. The van der Waals surface area contributed by atoms with Crippen LogP contribution in [-0.4, -0.2) is 55.8 Å². The zero-order valence-corrected chi connectivity index (χ0v) is 51.7. The van der Waals surface area contributed by atoms with Gasteiger partial charge in [0.1, 0.15) is 27.0 Å². The Labute approximate surface area is 694 Å². The molecule has 6 heterocycles. The van der Waals surface area contributed by atoms with Crippen LogP contribution in [0.5, 0.6) is 17.4 Å². The van der Waals surface area contributed by atoms with Crippen LogP contribution < -0.4 is 159 Å². The maximum atomic E-state index is 9.55. The van der Waals surface area contributed by atoms with E-state index in [9.17, 15) is 5.02 Å². The second-order valence-electron chi connectivity index (χ2n) is 12.7. The first-order valence-corrected chi connectivity index (χ1v) is 19.5. The van der Waals surface area contributed by atoms with E-state index < -0.39 is 14.2 Å². The number of nitrogens with zero attached hydrogens (tertiary/aromatic N) is 8. The Bertz CT molecular complexity index is 2820. The predicted molar refractivity (Wildman–Crippen MR) is 360 cm³/mol. The minimum absolute atomic E-state index is 0. The minimum atomic E-state index is -0.850. The van der Waals surface area contributed by atoms with Gasteiger partial charge in [0.25, 0.3) is 6.47 Å². The fourth-order valence-corrected chi connectivity index (χ4v) is 5.88. The summed E-state index contributed by atoms with van der Waals surface area (Å²) >= 11 is 22.2. The zero-order chi connectivity index (χ0) is 156. The first-order valence-electron chi connectivity index (χ1n) is 72.0. The average molecular weight is 1440 g/mol. The molecular formula is C42H142B2Cl4Cs2N8O9. The summed E-state index contributed by atoms with van der Waals surface area (Å²) in [5.41, 5.74) is 7.81. The molecule has 0 fully saturated rings. The van der Waals surface area contributed by atoms with Crippen molar-refractivity contribution in [2.24, 2.45) is 0 Å². The Balaban J connectivity index is -0.0000000161. The number of fused-ring (bicyclic) bond motifs is 2. The number of phenols is 1. The van der Waals surface area contributed by atoms with Crippen LogP contribution in [0.3, 0.4) is 0 Å². The number of carbonyl (C=O) groups excluding carboxylic acids is 1. The van der Waals surface area contributed by atoms with E-state index in [-0.39, 0.29) is 153 Å². The van der Waals surface area contributed by atoms with Gasteiger partial charge in [-0.25, -0.2) is 24.4 Å². The van der Waals surface area contributed by atoms with Crippen molar-refractivity contribution in [2.45, 2.75) is 34.0 Å². The number of ether oxygens (including phenoxy) is 1. The number of carbonyl (C=O) groups is 1. The normalized spacial score (nSPS) is 17.1. The van der Waals surface area contributed by atoms with Gasteiger partial charge in [0.15, 0.2) is 0 Å². The third kappa shape index (κ3) is 21.0. The molecule has 25 heteroatoms. The Morgan fingerprint density at radius 1 is 0.687 bits per heavy atom. The smallest absolute Gasteiger partial charge is 1.00 e. The number of pyridine rings is 4. The van der Waals surface area contributed by atoms with Gasteiger partial charge in [-0.1, -0.05) is 58.5 Å². The number of benzene rings is 2. The molecule has 2 aliphatic rings. The van der Waals surface area contributed by atoms with Crippen molar-refractivity contribution < 1.29 is 345 Å². The molecule has 67 heavy (non-hydrogen) atoms. The molecule has 8 rings (SSSR count). The molecule has 0 atom stereocenters. The molecular weight excluding hydrogens is 1190 g/mol. The summed E-state index contributed by atoms with van der Waals surface area (Å²) in [5.74, 6) is 1.28. The Kier molecular flexibility index (Phi) is 9.05. The number of aromatic hydroxyl groups is 1. The summed E-state index contributed by atoms with van der Waals surface area (Å²) < 4.78 is 556. The van der Waals surface area contributed by atoms with Crippen molar-refractivity contribution in [3.8, 4) is 17.4 Å². The van der Waals surface area contributed by atoms with Crippen molar-refractivity contribution in [3.05, 3.63) is 179 Å². The minimum Gasteiger partial charge on any atom is -1.00 e. The molecule has 4 aromatic heterocycles. The number of rotatable bonds is 3. The van der Waals surface area contributed by atoms with Crippen LogP contribution in [-0.2, 0) is 32.2 Å². The van der Waals surface area contributed by atoms with Gasteiger partial charge in [0, 0.05) is 187 Å². The molecule has 6 aromatic rings. The fourth-order valence-electron chi connectivity index (χ4n) is 5.05. The predicted octanol–water partition coefficient (Wildman–Crippen LogP) is 15.8. The summed E-state index contributed by atoms with van der Waals surface area (Å²) in [7, 11) is -1.66. The molecule has 0 saturated heterocycles. The first-order chi connectivity index (χ1) is 85.1. The summed E-state index contributed by atoms with van der Waals surface area (Å²) in [6, 6.07) is 16.7. The van der Waals surface area contributed by atoms with Crippen LogP contribution in [0.4, 0.5) is 22.7 Å². The number of hydrogen-bond donors (Lipinski definition) is 3. The van der Waals surface area contributed by atoms with Gasteiger partial charge in [0.05, 0.1) is 44.5 Å². The van der Waals surface area contributed by atoms with Crippen LogP contribution in [0.1, 0.15) is 191 Å². The van der Waals surface area contributed by atoms with Gasteiger partial charge >= 0.3 is 152 Å². The van der Waals surface area contributed by atoms with Crippen molar-refractivity contribution in [3.63, 3.8) is 0 Å². The third-order valence-corrected chi connectivity index (χ3v) is 9.19. The fraction of sp³-hybridized carbons (Fsp3) is 0.119. The third-order valence-electron chi connectivity index (χ3n) is 8.27. The second kappa shape index (κ2) is 33.0. The number of aryl methyl sites for hydroxylation is 3. The molecule has 0 radical (unpaired) electrons. The van der Waals surface area contributed by atoms with Crippen LogP contribution >= 0.6 is 46.4 Å². The SMILES string of the molecule is O=CO[O-].OB1OCc2cc(O)ccc21.[2HH].[2H][2H].[2H][2H].[2H][2H].[2H][2H].[2H][2H].[2H][2H].[2H][2H].[2H][2H].[2H][2H].[2H][2H].[2H][2H].[2H][2H].[2H][2H].[2H][2H].[2H][2H].[2H][2H].[2H][2H].[2H][2H].[2H][2H].[2H][2H].[2H][2H].[2H][2H].[2H][2H].[2H][2H].[2H][2H].[2H][2H].[2H][2H].[2H][2H].[2H][2H].[2H][2H].[2H][2H].[2H][2H].[2H][2H].[2H][2H].[2H][2H].[2H][2H].[2H][2H].[2H][2H].[2H][2H].[2H][2H].[2H][2H].[2H][2H].[2H][2H].[2H][2H].[2H][2H].[2H][2H].[2H][2H].[2H][2H].[2H][2H].[2H][2H].[2H][2H].[2H][2H].[2H][2H].[2H][2H].[C-]#[N+]c1cnc(Cl)cc1C.[C-]#[N+]c1cnc(Cl)cc1C.[C-]#[N+]c1cnc(Cl)cc1Cl.[C-]#[N+]c1cnc(Oc2ccc3c(c2)COB3O)cc1C.[Cs+].[Cs+].[H-]. The van der Waals surface area contributed by atoms with E-state index in [1.165, 1.54) is 36.9 Å². The maximum Gasteiger partial charge on any atom is 1.00 e. The van der Waals surface area contributed by atoms with E-state index in [4.69, 9.17) is 267 Å². The second-order valence-corrected chi connectivity index (χ2v) is 14.2. The molecule has 3 N–H and O–H groups in total. The van der Waals surface area contributed by atoms with Crippen molar-refractivity contribution in [2.75, 3.05) is 0 Å². The zero-order valence-electron chi connectivity index (χ0n) is 145. The summed E-state index contributed by atoms with van der Waals surface area (Å²) in [6.07, 6.45) is 5.80. The maximum absolute atomic E-state index is 9.55. The van der Waals surface area contributed by atoms with Gasteiger partial charge < -0.3 is 40.8 Å². The largest absolute Gasteiger partial charge is 1.00 e. The summed E-state index contributed by atoms with van der Waals surface area (Å²) in [5, 5.41) is 37.7. The Morgan fingerprint density at radius 3 is 1.51 bits per heavy atom. The van der Waals surface area contributed by atoms with E-state index in [1.54, 1.807) is 42.5 Å². The van der Waals surface area contributed by atoms with Crippen LogP contribution in [0.2, 0.25) is 20.5 Å². The first kappa shape index (κ1) is 18.4. The molecule has 440 valence electrons. The molecule has 17 nitrogen and oxygen atoms in total. The van der Waals surface area contributed by atoms with Gasteiger partial charge in [-0.2, -0.15) is 0 Å². The van der Waals surface area contributed by atoms with E-state index in [2.05, 4.69) is 44.2 Å². The monoisotopic (exact) mass is 1440 g/mol. The molecule has 2 aromatic carbocycles. The van der Waals surface area contributed by atoms with Gasteiger partial charge in [-0.15, -0.1) is 0 Å². The van der Waals surface area contributed by atoms with E-state index in [0.29, 0.717) is 68.1 Å². The molecule has 0 aliphatic carbocycles. The standard InChI is InChI=1S/C14H11BN2O3.C7H7BO3.2C7H5ClN2.C6H2Cl2N2.CH2O3.2Cs.55H2.H/c1-9-5-14(17-7-13(9)16-2)20-11-3-4-12-10(6-11)8-19-15(12)18;9-6-1-2-7-5(3-6)4-11-8(7)10;2*1-5-3-7(8)10-4-6(5)9-2;1-9-5-3-10-6(8)2-4(5)7;2-1-4-3;;;;;;;;;;;;;;;;;;;;;;;;;;;;;;;;;;;;;;;;;;;;;;;;;;;;;;;;;;/h3-7,18H,8H2,1H3;1-3,9-10H,4H2;2*3-4H,1H3;2-3H;1,3H;;;55*1H;/q;;;;;;2*+1;;;;;;;;;;;;;;;;;;;;;;;;;;;;;;;;;;;;;;;;;;;;;;;;;;;;;;;;-1/p-1/i;;;;;;;;54*1+1D;1+1;. The molecule has 2 aliphatic heterocycles. The number of halogens is 4. The molecule has 0 unspecified atom stereocenters. The van der Waals surface area contributed by atoms with Crippen molar-refractivity contribution in [1.29, 1.82) is 0 Å². The van der Waals surface area contributed by atoms with E-state index in [0.717, 1.165) is 38.7 Å². The number of hydrogen-bond acceptors (Lipinski definition) is 13. The van der Waals surface area contributed by atoms with E-state index in [1.807, 2.05) is 26.8 Å². The quantitative estimate of drug-likeness (QED) is 0.0377. The topological polar surface area (TPSA) is 207 Å². The van der Waals surface area contributed by atoms with Gasteiger partial charge in [-0.05, 0) is 108 Å².